The summed E-state index contributed by atoms with van der Waals surface area (Å²) in [5.41, 5.74) is 0. The van der Waals surface area contributed by atoms with Crippen molar-refractivity contribution in [2.24, 2.45) is 11.8 Å². The second-order valence-corrected chi connectivity index (χ2v) is 6.12. The molecular weight excluding hydrogens is 270 g/mol. The van der Waals surface area contributed by atoms with Gasteiger partial charge in [0.15, 0.2) is 0 Å². The molecule has 0 aromatic carbocycles. The molecule has 2 nitrogen and oxygen atoms in total. The van der Waals surface area contributed by atoms with Crippen LogP contribution in [0, 0.1) is 11.8 Å². The number of hydrogen-bond donors (Lipinski definition) is 1. The third kappa shape index (κ3) is 4.26. The van der Waals surface area contributed by atoms with Crippen molar-refractivity contribution in [3.63, 3.8) is 0 Å². The van der Waals surface area contributed by atoms with E-state index >= 15 is 0 Å². The van der Waals surface area contributed by atoms with Crippen molar-refractivity contribution < 1.29 is 18.4 Å². The minimum Gasteiger partial charge on any atom is -0.299 e. The Morgan fingerprint density at radius 1 is 1.47 bits per heavy atom. The van der Waals surface area contributed by atoms with Crippen LogP contribution in [-0.4, -0.2) is 22.7 Å². The number of hydrogen-bond acceptors (Lipinski definition) is 3. The lowest BCUT2D eigenvalue weighted by Gasteiger charge is -2.20. The number of alkyl halides is 2. The zero-order chi connectivity index (χ0) is 14.6. The number of ketones is 2. The van der Waals surface area contributed by atoms with Gasteiger partial charge in [-0.15, -0.1) is 0 Å². The van der Waals surface area contributed by atoms with Gasteiger partial charge in [0, 0.05) is 30.4 Å². The fourth-order valence-electron chi connectivity index (χ4n) is 2.58. The summed E-state index contributed by atoms with van der Waals surface area (Å²) in [5.74, 6) is -4.31. The number of unbranched alkanes of at least 4 members (excludes halogenated alkanes) is 1. The fourth-order valence-corrected chi connectivity index (χ4v) is 3.16. The van der Waals surface area contributed by atoms with Gasteiger partial charge in [-0.05, 0) is 18.8 Å². The minimum absolute atomic E-state index is 0.0539. The van der Waals surface area contributed by atoms with Crippen LogP contribution < -0.4 is 0 Å². The molecule has 0 aromatic rings. The molecule has 0 N–H and O–H groups in total. The van der Waals surface area contributed by atoms with Crippen LogP contribution in [0.3, 0.4) is 0 Å². The van der Waals surface area contributed by atoms with Crippen molar-refractivity contribution in [3.05, 3.63) is 0 Å². The number of rotatable bonds is 7. The molecule has 19 heavy (non-hydrogen) atoms. The summed E-state index contributed by atoms with van der Waals surface area (Å²) in [6.07, 6.45) is 1.20. The number of thiol groups is 1. The minimum atomic E-state index is -3.21. The highest BCUT2D eigenvalue weighted by Gasteiger charge is 2.41. The second-order valence-electron chi connectivity index (χ2n) is 5.46. The van der Waals surface area contributed by atoms with Crippen LogP contribution in [0.25, 0.3) is 0 Å². The van der Waals surface area contributed by atoms with E-state index in [4.69, 9.17) is 0 Å². The maximum absolute atomic E-state index is 13.5. The second kappa shape index (κ2) is 6.82. The van der Waals surface area contributed by atoms with Crippen LogP contribution in [0.5, 0.6) is 0 Å². The summed E-state index contributed by atoms with van der Waals surface area (Å²) < 4.78 is 27.0. The maximum atomic E-state index is 13.5. The Morgan fingerprint density at radius 2 is 2.11 bits per heavy atom. The largest absolute Gasteiger partial charge is 0.305 e. The van der Waals surface area contributed by atoms with E-state index in [0.717, 1.165) is 0 Å². The smallest absolute Gasteiger partial charge is 0.299 e. The van der Waals surface area contributed by atoms with Crippen molar-refractivity contribution >= 4 is 24.2 Å². The Morgan fingerprint density at radius 3 is 2.58 bits per heavy atom. The highest BCUT2D eigenvalue weighted by Crippen LogP contribution is 2.36. The summed E-state index contributed by atoms with van der Waals surface area (Å²) in [4.78, 5) is 23.1. The predicted molar refractivity (Wildman–Crippen MR) is 73.8 cm³/mol. The summed E-state index contributed by atoms with van der Waals surface area (Å²) in [6.45, 7) is 3.61. The van der Waals surface area contributed by atoms with E-state index in [9.17, 15) is 18.4 Å². The van der Waals surface area contributed by atoms with Crippen LogP contribution in [0.15, 0.2) is 0 Å². The summed E-state index contributed by atoms with van der Waals surface area (Å²) in [5, 5.41) is -0.0976. The summed E-state index contributed by atoms with van der Waals surface area (Å²) >= 11 is 4.32. The molecule has 0 radical (unpaired) electrons. The molecule has 0 heterocycles. The van der Waals surface area contributed by atoms with Crippen molar-refractivity contribution in [1.82, 2.24) is 0 Å². The molecule has 1 unspecified atom stereocenters. The molecule has 0 saturated heterocycles. The van der Waals surface area contributed by atoms with Gasteiger partial charge in [-0.1, -0.05) is 20.3 Å². The molecule has 110 valence electrons. The van der Waals surface area contributed by atoms with Gasteiger partial charge in [-0.25, -0.2) is 0 Å². The highest BCUT2D eigenvalue weighted by molar-refractivity contribution is 7.81. The first kappa shape index (κ1) is 16.6. The van der Waals surface area contributed by atoms with Gasteiger partial charge in [0.05, 0.1) is 0 Å². The van der Waals surface area contributed by atoms with Crippen LogP contribution >= 0.6 is 12.6 Å². The SMILES string of the molecule is CCCCC(F)(F)C(=O)CC[C@@H]1C(C)C(=O)C[C@H]1S. The predicted octanol–water partition coefficient (Wildman–Crippen LogP) is 3.68. The normalized spacial score (nSPS) is 27.8. The molecule has 1 saturated carbocycles. The Bertz CT molecular complexity index is 344. The van der Waals surface area contributed by atoms with E-state index in [2.05, 4.69) is 12.6 Å². The molecule has 0 spiro atoms. The van der Waals surface area contributed by atoms with E-state index in [-0.39, 0.29) is 35.7 Å². The van der Waals surface area contributed by atoms with Gasteiger partial charge in [0.1, 0.15) is 5.78 Å². The lowest BCUT2D eigenvalue weighted by molar-refractivity contribution is -0.144. The standard InChI is InChI=1S/C14H22F2O2S/c1-3-4-7-14(15,16)13(18)6-5-10-9(2)11(17)8-12(10)19/h9-10,12,19H,3-8H2,1-2H3/t9?,10-,12-/m1/s1. The molecule has 3 atom stereocenters. The lowest BCUT2D eigenvalue weighted by Crippen LogP contribution is -2.29. The first-order valence-corrected chi connectivity index (χ1v) is 7.43. The van der Waals surface area contributed by atoms with Gasteiger partial charge in [0.25, 0.3) is 0 Å². The van der Waals surface area contributed by atoms with Crippen molar-refractivity contribution in [3.8, 4) is 0 Å². The van der Waals surface area contributed by atoms with Gasteiger partial charge in [-0.3, -0.25) is 9.59 Å². The molecule has 1 aliphatic rings. The number of Topliss-reactive ketones (excluding diaryl/α,β-unsaturated/α-hetero) is 2. The maximum Gasteiger partial charge on any atom is 0.305 e. The first-order valence-electron chi connectivity index (χ1n) is 6.91. The number of carbonyl (C=O) groups excluding carboxylic acids is 2. The third-order valence-electron chi connectivity index (χ3n) is 4.01. The van der Waals surface area contributed by atoms with Crippen LogP contribution in [-0.2, 0) is 9.59 Å². The van der Waals surface area contributed by atoms with E-state index in [0.29, 0.717) is 25.7 Å². The average molecular weight is 292 g/mol. The van der Waals surface area contributed by atoms with Crippen LogP contribution in [0.4, 0.5) is 8.78 Å². The Labute approximate surface area is 118 Å². The molecule has 5 heteroatoms. The average Bonchev–Trinajstić information content (AvgIpc) is 2.58. The zero-order valence-electron chi connectivity index (χ0n) is 11.5. The van der Waals surface area contributed by atoms with Crippen LogP contribution in [0.2, 0.25) is 0 Å². The van der Waals surface area contributed by atoms with Crippen molar-refractivity contribution in [1.29, 1.82) is 0 Å². The highest BCUT2D eigenvalue weighted by atomic mass is 32.1. The molecule has 0 amide bonds. The molecule has 1 rings (SSSR count). The van der Waals surface area contributed by atoms with E-state index in [1.54, 1.807) is 6.92 Å². The van der Waals surface area contributed by atoms with E-state index < -0.39 is 11.7 Å². The molecule has 1 fully saturated rings. The number of carbonyl (C=O) groups is 2. The summed E-state index contributed by atoms with van der Waals surface area (Å²) in [7, 11) is 0. The molecule has 0 aromatic heterocycles. The Balaban J connectivity index is 2.48. The van der Waals surface area contributed by atoms with Gasteiger partial charge < -0.3 is 0 Å². The fraction of sp³-hybridized carbons (Fsp3) is 0.857. The van der Waals surface area contributed by atoms with Gasteiger partial charge in [-0.2, -0.15) is 21.4 Å². The molecule has 0 aliphatic heterocycles. The molecule has 1 aliphatic carbocycles. The number of halogens is 2. The van der Waals surface area contributed by atoms with E-state index in [1.165, 1.54) is 0 Å². The topological polar surface area (TPSA) is 34.1 Å². The lowest BCUT2D eigenvalue weighted by atomic mass is 9.90. The first-order chi connectivity index (χ1) is 8.79. The monoisotopic (exact) mass is 292 g/mol. The quantitative estimate of drug-likeness (QED) is 0.726. The Kier molecular flexibility index (Phi) is 5.96. The molecular formula is C14H22F2O2S. The van der Waals surface area contributed by atoms with Crippen LogP contribution in [0.1, 0.15) is 52.4 Å². The molecule has 0 bridgehead atoms. The Hall–Kier alpha value is -0.450. The summed E-state index contributed by atoms with van der Waals surface area (Å²) in [6, 6.07) is 0. The van der Waals surface area contributed by atoms with Crippen molar-refractivity contribution in [2.75, 3.05) is 0 Å². The van der Waals surface area contributed by atoms with Gasteiger partial charge >= 0.3 is 5.92 Å². The zero-order valence-corrected chi connectivity index (χ0v) is 12.4. The van der Waals surface area contributed by atoms with E-state index in [1.807, 2.05) is 6.92 Å². The van der Waals surface area contributed by atoms with Gasteiger partial charge in [0.2, 0.25) is 5.78 Å². The van der Waals surface area contributed by atoms with Crippen molar-refractivity contribution in [2.45, 2.75) is 63.5 Å². The third-order valence-corrected chi connectivity index (χ3v) is 4.58.